The van der Waals surface area contributed by atoms with E-state index in [1.165, 1.54) is 11.8 Å². The molecule has 0 radical (unpaired) electrons. The van der Waals surface area contributed by atoms with Crippen molar-refractivity contribution in [1.82, 2.24) is 0 Å². The SMILES string of the molecule is CCOC(O)C(C)(C)SCCCC(F)(F)F. The lowest BCUT2D eigenvalue weighted by molar-refractivity contribution is -0.134. The first-order valence-electron chi connectivity index (χ1n) is 5.19. The van der Waals surface area contributed by atoms with Crippen LogP contribution in [0.25, 0.3) is 0 Å². The fraction of sp³-hybridized carbons (Fsp3) is 1.00. The van der Waals surface area contributed by atoms with E-state index in [9.17, 15) is 18.3 Å². The largest absolute Gasteiger partial charge is 0.389 e. The predicted molar refractivity (Wildman–Crippen MR) is 59.5 cm³/mol. The van der Waals surface area contributed by atoms with Gasteiger partial charge in [-0.1, -0.05) is 0 Å². The van der Waals surface area contributed by atoms with Gasteiger partial charge < -0.3 is 9.84 Å². The average molecular weight is 260 g/mol. The molecule has 0 heterocycles. The van der Waals surface area contributed by atoms with Gasteiger partial charge >= 0.3 is 6.18 Å². The van der Waals surface area contributed by atoms with Gasteiger partial charge in [-0.05, 0) is 32.9 Å². The first-order valence-corrected chi connectivity index (χ1v) is 6.18. The van der Waals surface area contributed by atoms with Gasteiger partial charge in [-0.3, -0.25) is 0 Å². The highest BCUT2D eigenvalue weighted by Crippen LogP contribution is 2.31. The van der Waals surface area contributed by atoms with Gasteiger partial charge in [0.2, 0.25) is 0 Å². The monoisotopic (exact) mass is 260 g/mol. The Morgan fingerprint density at radius 2 is 1.88 bits per heavy atom. The minimum absolute atomic E-state index is 0.0659. The zero-order chi connectivity index (χ0) is 12.8. The number of rotatable bonds is 7. The second kappa shape index (κ2) is 6.71. The fourth-order valence-electron chi connectivity index (χ4n) is 1.04. The Balaban J connectivity index is 3.82. The molecule has 1 unspecified atom stereocenters. The van der Waals surface area contributed by atoms with E-state index in [4.69, 9.17) is 4.74 Å². The van der Waals surface area contributed by atoms with Gasteiger partial charge in [0, 0.05) is 13.0 Å². The van der Waals surface area contributed by atoms with Crippen LogP contribution < -0.4 is 0 Å². The zero-order valence-corrected chi connectivity index (χ0v) is 10.6. The number of alkyl halides is 3. The van der Waals surface area contributed by atoms with Crippen LogP contribution in [0.2, 0.25) is 0 Å². The van der Waals surface area contributed by atoms with Gasteiger partial charge in [0.15, 0.2) is 6.29 Å². The van der Waals surface area contributed by atoms with Crippen LogP contribution >= 0.6 is 11.8 Å². The van der Waals surface area contributed by atoms with Crippen LogP contribution in [0.5, 0.6) is 0 Å². The minimum atomic E-state index is -4.09. The smallest absolute Gasteiger partial charge is 0.367 e. The van der Waals surface area contributed by atoms with Gasteiger partial charge in [-0.15, -0.1) is 0 Å². The summed E-state index contributed by atoms with van der Waals surface area (Å²) in [5, 5.41) is 9.57. The molecular weight excluding hydrogens is 241 g/mol. The molecule has 0 saturated carbocycles. The molecule has 16 heavy (non-hydrogen) atoms. The number of halogens is 3. The van der Waals surface area contributed by atoms with Crippen molar-refractivity contribution in [2.45, 2.75) is 50.8 Å². The summed E-state index contributed by atoms with van der Waals surface area (Å²) in [4.78, 5) is 0. The van der Waals surface area contributed by atoms with Gasteiger partial charge in [0.25, 0.3) is 0 Å². The van der Waals surface area contributed by atoms with Crippen LogP contribution in [0.4, 0.5) is 13.2 Å². The summed E-state index contributed by atoms with van der Waals surface area (Å²) in [6.07, 6.45) is -5.76. The van der Waals surface area contributed by atoms with E-state index < -0.39 is 23.6 Å². The highest BCUT2D eigenvalue weighted by atomic mass is 32.2. The Hall–Kier alpha value is 0.0600. The van der Waals surface area contributed by atoms with Crippen LogP contribution in [0.1, 0.15) is 33.6 Å². The average Bonchev–Trinajstić information content (AvgIpc) is 2.11. The molecule has 2 nitrogen and oxygen atoms in total. The van der Waals surface area contributed by atoms with Crippen molar-refractivity contribution in [1.29, 1.82) is 0 Å². The maximum Gasteiger partial charge on any atom is 0.389 e. The number of thioether (sulfide) groups is 1. The highest BCUT2D eigenvalue weighted by molar-refractivity contribution is 8.00. The Morgan fingerprint density at radius 3 is 2.31 bits per heavy atom. The van der Waals surface area contributed by atoms with Crippen molar-refractivity contribution in [3.63, 3.8) is 0 Å². The van der Waals surface area contributed by atoms with E-state index in [0.717, 1.165) is 0 Å². The van der Waals surface area contributed by atoms with Crippen molar-refractivity contribution in [3.8, 4) is 0 Å². The van der Waals surface area contributed by atoms with Crippen molar-refractivity contribution in [3.05, 3.63) is 0 Å². The van der Waals surface area contributed by atoms with Gasteiger partial charge in [0.05, 0.1) is 4.75 Å². The second-order valence-electron chi connectivity index (χ2n) is 3.98. The molecule has 0 aromatic heterocycles. The normalized spacial score (nSPS) is 15.2. The molecule has 0 aliphatic heterocycles. The van der Waals surface area contributed by atoms with Crippen molar-refractivity contribution in [2.24, 2.45) is 0 Å². The molecule has 98 valence electrons. The summed E-state index contributed by atoms with van der Waals surface area (Å²) >= 11 is 1.29. The van der Waals surface area contributed by atoms with Gasteiger partial charge in [-0.2, -0.15) is 24.9 Å². The van der Waals surface area contributed by atoms with E-state index in [2.05, 4.69) is 0 Å². The van der Waals surface area contributed by atoms with Crippen LogP contribution in [-0.4, -0.2) is 34.7 Å². The first-order chi connectivity index (χ1) is 7.19. The molecule has 0 aliphatic carbocycles. The lowest BCUT2D eigenvalue weighted by Crippen LogP contribution is -2.35. The number of hydrogen-bond donors (Lipinski definition) is 1. The summed E-state index contributed by atoms with van der Waals surface area (Å²) in [5.41, 5.74) is 0. The van der Waals surface area contributed by atoms with Crippen LogP contribution in [0.15, 0.2) is 0 Å². The highest BCUT2D eigenvalue weighted by Gasteiger charge is 2.30. The Bertz CT molecular complexity index is 195. The maximum atomic E-state index is 11.9. The molecule has 6 heteroatoms. The number of hydrogen-bond acceptors (Lipinski definition) is 3. The molecule has 1 N–H and O–H groups in total. The second-order valence-corrected chi connectivity index (χ2v) is 5.73. The number of aliphatic hydroxyl groups excluding tert-OH is 1. The summed E-state index contributed by atoms with van der Waals surface area (Å²) in [6, 6.07) is 0. The molecule has 0 aromatic carbocycles. The third-order valence-corrected chi connectivity index (χ3v) is 3.44. The molecule has 0 amide bonds. The van der Waals surface area contributed by atoms with Gasteiger partial charge in [-0.25, -0.2) is 0 Å². The number of aliphatic hydroxyl groups is 1. The van der Waals surface area contributed by atoms with E-state index in [1.807, 2.05) is 0 Å². The summed E-state index contributed by atoms with van der Waals surface area (Å²) in [5.74, 6) is 0.358. The molecule has 0 saturated heterocycles. The van der Waals surface area contributed by atoms with Crippen molar-refractivity contribution >= 4 is 11.8 Å². The van der Waals surface area contributed by atoms with Crippen LogP contribution in [0.3, 0.4) is 0 Å². The molecular formula is C10H19F3O2S. The van der Waals surface area contributed by atoms with Crippen molar-refractivity contribution < 1.29 is 23.0 Å². The molecule has 1 atom stereocenters. The Kier molecular flexibility index (Phi) is 6.74. The number of ether oxygens (including phenoxy) is 1. The third kappa shape index (κ3) is 7.35. The fourth-order valence-corrected chi connectivity index (χ4v) is 2.06. The molecule has 0 rings (SSSR count). The molecule has 0 bridgehead atoms. The molecule has 0 spiro atoms. The standard InChI is InChI=1S/C10H19F3O2S/c1-4-15-8(14)9(2,3)16-7-5-6-10(11,12)13/h8,14H,4-7H2,1-3H3. The predicted octanol–water partition coefficient (Wildman–Crippen LogP) is 3.20. The van der Waals surface area contributed by atoms with E-state index in [1.54, 1.807) is 20.8 Å². The molecule has 0 fully saturated rings. The molecule has 0 aromatic rings. The van der Waals surface area contributed by atoms with E-state index >= 15 is 0 Å². The Morgan fingerprint density at radius 1 is 1.31 bits per heavy atom. The van der Waals surface area contributed by atoms with Crippen LogP contribution in [0, 0.1) is 0 Å². The van der Waals surface area contributed by atoms with Gasteiger partial charge in [0.1, 0.15) is 0 Å². The lowest BCUT2D eigenvalue weighted by Gasteiger charge is -2.29. The van der Waals surface area contributed by atoms with E-state index in [0.29, 0.717) is 12.4 Å². The summed E-state index contributed by atoms with van der Waals surface area (Å²) in [7, 11) is 0. The minimum Gasteiger partial charge on any atom is -0.367 e. The zero-order valence-electron chi connectivity index (χ0n) is 9.80. The summed E-state index contributed by atoms with van der Waals surface area (Å²) in [6.45, 7) is 5.65. The van der Waals surface area contributed by atoms with Crippen LogP contribution in [-0.2, 0) is 4.74 Å². The summed E-state index contributed by atoms with van der Waals surface area (Å²) < 4.78 is 40.0. The maximum absolute atomic E-state index is 11.9. The lowest BCUT2D eigenvalue weighted by atomic mass is 10.2. The topological polar surface area (TPSA) is 29.5 Å². The third-order valence-electron chi connectivity index (χ3n) is 2.00. The first kappa shape index (κ1) is 16.1. The van der Waals surface area contributed by atoms with Crippen molar-refractivity contribution in [2.75, 3.05) is 12.4 Å². The van der Waals surface area contributed by atoms with E-state index in [-0.39, 0.29) is 6.42 Å². The Labute approximate surface area is 98.6 Å². The molecule has 0 aliphatic rings. The quantitative estimate of drug-likeness (QED) is 0.563.